The summed E-state index contributed by atoms with van der Waals surface area (Å²) in [6.07, 6.45) is 3.55. The minimum atomic E-state index is -0.435. The SMILES string of the molecule is CC1(c2cn(-c3c(F)cccc3Cl)nn2)CCCO1. The Morgan fingerprint density at radius 1 is 1.47 bits per heavy atom. The summed E-state index contributed by atoms with van der Waals surface area (Å²) in [5.41, 5.74) is 0.476. The molecule has 1 aliphatic heterocycles. The molecule has 1 unspecified atom stereocenters. The fraction of sp³-hybridized carbons (Fsp3) is 0.385. The Morgan fingerprint density at radius 3 is 3.00 bits per heavy atom. The lowest BCUT2D eigenvalue weighted by atomic mass is 10.00. The maximum Gasteiger partial charge on any atom is 0.150 e. The number of para-hydroxylation sites is 1. The monoisotopic (exact) mass is 281 g/mol. The number of aromatic nitrogens is 3. The molecule has 1 saturated heterocycles. The molecule has 1 atom stereocenters. The molecule has 0 aliphatic carbocycles. The average Bonchev–Trinajstić information content (AvgIpc) is 2.99. The molecule has 1 fully saturated rings. The molecule has 4 nitrogen and oxygen atoms in total. The van der Waals surface area contributed by atoms with Gasteiger partial charge in [0.15, 0.2) is 0 Å². The maximum atomic E-state index is 13.8. The van der Waals surface area contributed by atoms with Crippen LogP contribution in [0.3, 0.4) is 0 Å². The van der Waals surface area contributed by atoms with Crippen molar-refractivity contribution in [3.63, 3.8) is 0 Å². The van der Waals surface area contributed by atoms with Crippen LogP contribution in [0.2, 0.25) is 5.02 Å². The van der Waals surface area contributed by atoms with Crippen LogP contribution in [0.5, 0.6) is 0 Å². The minimum absolute atomic E-state index is 0.213. The van der Waals surface area contributed by atoms with Crippen LogP contribution in [0, 0.1) is 5.82 Å². The highest BCUT2D eigenvalue weighted by Crippen LogP contribution is 2.34. The van der Waals surface area contributed by atoms with Crippen molar-refractivity contribution in [1.29, 1.82) is 0 Å². The molecular formula is C13H13ClFN3O. The first-order chi connectivity index (χ1) is 9.10. The van der Waals surface area contributed by atoms with Crippen molar-refractivity contribution in [2.24, 2.45) is 0 Å². The van der Waals surface area contributed by atoms with E-state index < -0.39 is 11.4 Å². The molecule has 3 rings (SSSR count). The van der Waals surface area contributed by atoms with E-state index >= 15 is 0 Å². The Hall–Kier alpha value is -1.46. The summed E-state index contributed by atoms with van der Waals surface area (Å²) in [5, 5.41) is 8.35. The van der Waals surface area contributed by atoms with Crippen LogP contribution in [0.25, 0.3) is 5.69 Å². The largest absolute Gasteiger partial charge is 0.369 e. The molecule has 1 aromatic heterocycles. The Balaban J connectivity index is 2.02. The van der Waals surface area contributed by atoms with Gasteiger partial charge in [-0.15, -0.1) is 5.10 Å². The van der Waals surface area contributed by atoms with E-state index in [4.69, 9.17) is 16.3 Å². The standard InChI is InChI=1S/C13H13ClFN3O/c1-13(6-3-7-19-13)11-8-18(17-16-11)12-9(14)4-2-5-10(12)15/h2,4-5,8H,3,6-7H2,1H3. The second kappa shape index (κ2) is 4.58. The molecule has 0 radical (unpaired) electrons. The topological polar surface area (TPSA) is 39.9 Å². The molecular weight excluding hydrogens is 269 g/mol. The van der Waals surface area contributed by atoms with Gasteiger partial charge in [0.1, 0.15) is 22.8 Å². The van der Waals surface area contributed by atoms with Crippen LogP contribution in [-0.4, -0.2) is 21.6 Å². The average molecular weight is 282 g/mol. The van der Waals surface area contributed by atoms with Gasteiger partial charge in [-0.3, -0.25) is 0 Å². The van der Waals surface area contributed by atoms with Crippen molar-refractivity contribution in [2.45, 2.75) is 25.4 Å². The van der Waals surface area contributed by atoms with Gasteiger partial charge in [0, 0.05) is 6.61 Å². The number of halogens is 2. The molecule has 0 spiro atoms. The molecule has 0 bridgehead atoms. The van der Waals surface area contributed by atoms with Crippen molar-refractivity contribution in [2.75, 3.05) is 6.61 Å². The number of rotatable bonds is 2. The summed E-state index contributed by atoms with van der Waals surface area (Å²) < 4.78 is 20.9. The van der Waals surface area contributed by atoms with Crippen molar-refractivity contribution >= 4 is 11.6 Å². The van der Waals surface area contributed by atoms with Crippen LogP contribution < -0.4 is 0 Å². The van der Waals surface area contributed by atoms with Gasteiger partial charge in [-0.05, 0) is 31.9 Å². The first-order valence-electron chi connectivity index (χ1n) is 6.11. The van der Waals surface area contributed by atoms with Gasteiger partial charge in [0.05, 0.1) is 11.2 Å². The second-order valence-corrected chi connectivity index (χ2v) is 5.21. The fourth-order valence-electron chi connectivity index (χ4n) is 2.30. The van der Waals surface area contributed by atoms with Gasteiger partial charge in [-0.25, -0.2) is 9.07 Å². The van der Waals surface area contributed by atoms with E-state index in [1.54, 1.807) is 18.3 Å². The summed E-state index contributed by atoms with van der Waals surface area (Å²) in [5.74, 6) is -0.429. The maximum absolute atomic E-state index is 13.8. The molecule has 6 heteroatoms. The lowest BCUT2D eigenvalue weighted by Gasteiger charge is -2.19. The Morgan fingerprint density at radius 2 is 2.32 bits per heavy atom. The van der Waals surface area contributed by atoms with Crippen molar-refractivity contribution in [1.82, 2.24) is 15.0 Å². The summed E-state index contributed by atoms with van der Waals surface area (Å²) in [6, 6.07) is 4.52. The van der Waals surface area contributed by atoms with E-state index in [0.717, 1.165) is 12.8 Å². The van der Waals surface area contributed by atoms with Crippen LogP contribution in [-0.2, 0) is 10.3 Å². The Labute approximate surface area is 115 Å². The molecule has 0 amide bonds. The highest BCUT2D eigenvalue weighted by atomic mass is 35.5. The number of hydrogen-bond donors (Lipinski definition) is 0. The number of benzene rings is 1. The first kappa shape index (κ1) is 12.6. The van der Waals surface area contributed by atoms with Gasteiger partial charge in [-0.2, -0.15) is 0 Å². The third-order valence-corrected chi connectivity index (χ3v) is 3.73. The van der Waals surface area contributed by atoms with E-state index in [0.29, 0.717) is 17.3 Å². The zero-order valence-corrected chi connectivity index (χ0v) is 11.2. The van der Waals surface area contributed by atoms with E-state index in [9.17, 15) is 4.39 Å². The third-order valence-electron chi connectivity index (χ3n) is 3.42. The summed E-state index contributed by atoms with van der Waals surface area (Å²) in [4.78, 5) is 0. The lowest BCUT2D eigenvalue weighted by molar-refractivity contribution is 0.0131. The highest BCUT2D eigenvalue weighted by Gasteiger charge is 2.34. The number of nitrogens with zero attached hydrogens (tertiary/aromatic N) is 3. The third kappa shape index (κ3) is 2.13. The molecule has 0 N–H and O–H groups in total. The quantitative estimate of drug-likeness (QED) is 0.849. The molecule has 1 aromatic carbocycles. The lowest BCUT2D eigenvalue weighted by Crippen LogP contribution is -2.20. The highest BCUT2D eigenvalue weighted by molar-refractivity contribution is 6.32. The van der Waals surface area contributed by atoms with Crippen molar-refractivity contribution in [3.05, 3.63) is 40.9 Å². The normalized spacial score (nSPS) is 22.9. The Kier molecular flexibility index (Phi) is 3.03. The zero-order valence-electron chi connectivity index (χ0n) is 10.4. The van der Waals surface area contributed by atoms with Gasteiger partial charge < -0.3 is 4.74 Å². The molecule has 1 aliphatic rings. The zero-order chi connectivity index (χ0) is 13.5. The molecule has 2 heterocycles. The Bertz CT molecular complexity index is 587. The van der Waals surface area contributed by atoms with Crippen molar-refractivity contribution < 1.29 is 9.13 Å². The summed E-state index contributed by atoms with van der Waals surface area (Å²) in [7, 11) is 0. The van der Waals surface area contributed by atoms with Gasteiger partial charge in [0.2, 0.25) is 0 Å². The minimum Gasteiger partial charge on any atom is -0.369 e. The van der Waals surface area contributed by atoms with Gasteiger partial charge in [0.25, 0.3) is 0 Å². The molecule has 100 valence electrons. The molecule has 2 aromatic rings. The van der Waals surface area contributed by atoms with E-state index in [1.807, 2.05) is 6.92 Å². The fourth-order valence-corrected chi connectivity index (χ4v) is 2.55. The second-order valence-electron chi connectivity index (χ2n) is 4.80. The molecule has 0 saturated carbocycles. The van der Waals surface area contributed by atoms with E-state index in [1.165, 1.54) is 10.7 Å². The van der Waals surface area contributed by atoms with E-state index in [-0.39, 0.29) is 5.69 Å². The van der Waals surface area contributed by atoms with Crippen LogP contribution in [0.15, 0.2) is 24.4 Å². The summed E-state index contributed by atoms with van der Waals surface area (Å²) >= 11 is 6.01. The predicted octanol–water partition coefficient (Wildman–Crippen LogP) is 3.09. The van der Waals surface area contributed by atoms with Crippen LogP contribution in [0.1, 0.15) is 25.5 Å². The van der Waals surface area contributed by atoms with Gasteiger partial charge >= 0.3 is 0 Å². The smallest absolute Gasteiger partial charge is 0.150 e. The van der Waals surface area contributed by atoms with E-state index in [2.05, 4.69) is 10.3 Å². The van der Waals surface area contributed by atoms with Crippen LogP contribution in [0.4, 0.5) is 4.39 Å². The van der Waals surface area contributed by atoms with Crippen LogP contribution >= 0.6 is 11.6 Å². The number of ether oxygens (including phenoxy) is 1. The van der Waals surface area contributed by atoms with Gasteiger partial charge in [-0.1, -0.05) is 22.9 Å². The number of hydrogen-bond acceptors (Lipinski definition) is 3. The molecule has 19 heavy (non-hydrogen) atoms. The first-order valence-corrected chi connectivity index (χ1v) is 6.49. The summed E-state index contributed by atoms with van der Waals surface area (Å²) in [6.45, 7) is 2.68. The predicted molar refractivity (Wildman–Crippen MR) is 68.9 cm³/mol. The van der Waals surface area contributed by atoms with Crippen molar-refractivity contribution in [3.8, 4) is 5.69 Å².